The third kappa shape index (κ3) is 3.81. The van der Waals surface area contributed by atoms with Gasteiger partial charge in [-0.1, -0.05) is 30.9 Å². The van der Waals surface area contributed by atoms with E-state index in [1.54, 1.807) is 26.0 Å². The number of hydrogen-bond donors (Lipinski definition) is 0. The van der Waals surface area contributed by atoms with Crippen LogP contribution < -0.4 is 0 Å². The average Bonchev–Trinajstić information content (AvgIpc) is 2.18. The first-order valence-electron chi connectivity index (χ1n) is 5.16. The quantitative estimate of drug-likeness (QED) is 0.307. The first-order chi connectivity index (χ1) is 7.45. The fourth-order valence-corrected chi connectivity index (χ4v) is 1.24. The smallest absolute Gasteiger partial charge is 0.196 e. The fourth-order valence-electron chi connectivity index (χ4n) is 1.24. The van der Waals surface area contributed by atoms with Crippen LogP contribution in [0.15, 0.2) is 47.6 Å². The molecule has 0 unspecified atom stereocenters. The summed E-state index contributed by atoms with van der Waals surface area (Å²) in [4.78, 5) is 23.3. The minimum absolute atomic E-state index is 0.207. The predicted molar refractivity (Wildman–Crippen MR) is 67.2 cm³/mol. The lowest BCUT2D eigenvalue weighted by Gasteiger charge is -2.06. The first-order valence-corrected chi connectivity index (χ1v) is 5.16. The van der Waals surface area contributed by atoms with E-state index in [1.807, 2.05) is 13.0 Å². The zero-order chi connectivity index (χ0) is 12.7. The summed E-state index contributed by atoms with van der Waals surface area (Å²) < 4.78 is 0. The molecule has 0 aliphatic rings. The van der Waals surface area contributed by atoms with Crippen LogP contribution in [0.25, 0.3) is 0 Å². The highest BCUT2D eigenvalue weighted by atomic mass is 16.1. The van der Waals surface area contributed by atoms with Crippen molar-refractivity contribution in [1.29, 1.82) is 0 Å². The largest absolute Gasteiger partial charge is 0.294 e. The van der Waals surface area contributed by atoms with Crippen LogP contribution in [-0.2, 0) is 9.59 Å². The number of hydrogen-bond acceptors (Lipinski definition) is 2. The standard InChI is InChI=1S/C14H18O2/c1-6-8-9-13(10(3)4)14(16)12(7-2)11(5)15/h6-9H,3H2,1-2,4-5H3/b8-6-,12-7-,13-9+. The summed E-state index contributed by atoms with van der Waals surface area (Å²) in [6.07, 6.45) is 6.79. The maximum absolute atomic E-state index is 12.0. The van der Waals surface area contributed by atoms with Crippen molar-refractivity contribution in [2.45, 2.75) is 27.7 Å². The molecule has 0 N–H and O–H groups in total. The van der Waals surface area contributed by atoms with Crippen LogP contribution in [0.4, 0.5) is 0 Å². The Balaban J connectivity index is 5.34. The number of carbonyl (C=O) groups is 2. The van der Waals surface area contributed by atoms with Crippen molar-refractivity contribution in [3.63, 3.8) is 0 Å². The van der Waals surface area contributed by atoms with E-state index >= 15 is 0 Å². The van der Waals surface area contributed by atoms with Gasteiger partial charge in [-0.3, -0.25) is 9.59 Å². The SMILES string of the molecule is C=C(C)/C(=C\C=C/C)C(=O)/C(=C\C)C(C)=O. The molecule has 0 saturated carbocycles. The monoisotopic (exact) mass is 218 g/mol. The second-order valence-electron chi connectivity index (χ2n) is 3.47. The molecule has 0 aromatic carbocycles. The van der Waals surface area contributed by atoms with Crippen molar-refractivity contribution in [3.8, 4) is 0 Å². The second-order valence-corrected chi connectivity index (χ2v) is 3.47. The minimum atomic E-state index is -0.263. The lowest BCUT2D eigenvalue weighted by atomic mass is 9.96. The molecule has 0 saturated heterocycles. The molecular formula is C14H18O2. The van der Waals surface area contributed by atoms with Gasteiger partial charge in [0.25, 0.3) is 0 Å². The molecule has 0 rings (SSSR count). The summed E-state index contributed by atoms with van der Waals surface area (Å²) in [5.74, 6) is -0.485. The highest BCUT2D eigenvalue weighted by Crippen LogP contribution is 2.14. The number of rotatable bonds is 5. The van der Waals surface area contributed by atoms with Crippen molar-refractivity contribution >= 4 is 11.6 Å². The molecule has 2 heteroatoms. The Bertz CT molecular complexity index is 393. The number of allylic oxidation sites excluding steroid dienone is 7. The lowest BCUT2D eigenvalue weighted by Crippen LogP contribution is -2.13. The van der Waals surface area contributed by atoms with Gasteiger partial charge >= 0.3 is 0 Å². The zero-order valence-corrected chi connectivity index (χ0v) is 10.3. The van der Waals surface area contributed by atoms with Crippen LogP contribution in [0.1, 0.15) is 27.7 Å². The Morgan fingerprint density at radius 1 is 1.06 bits per heavy atom. The third-order valence-electron chi connectivity index (χ3n) is 2.07. The third-order valence-corrected chi connectivity index (χ3v) is 2.07. The van der Waals surface area contributed by atoms with Crippen LogP contribution in [0.5, 0.6) is 0 Å². The molecule has 0 aromatic heterocycles. The van der Waals surface area contributed by atoms with Crippen LogP contribution in [-0.4, -0.2) is 11.6 Å². The van der Waals surface area contributed by atoms with E-state index in [1.165, 1.54) is 13.0 Å². The van der Waals surface area contributed by atoms with Crippen LogP contribution in [0.3, 0.4) is 0 Å². The molecule has 0 aliphatic carbocycles. The van der Waals surface area contributed by atoms with Gasteiger partial charge in [0.1, 0.15) is 0 Å². The topological polar surface area (TPSA) is 34.1 Å². The van der Waals surface area contributed by atoms with E-state index in [2.05, 4.69) is 6.58 Å². The Morgan fingerprint density at radius 3 is 1.94 bits per heavy atom. The summed E-state index contributed by atoms with van der Waals surface area (Å²) in [5, 5.41) is 0. The normalized spacial score (nSPS) is 13.0. The van der Waals surface area contributed by atoms with Crippen molar-refractivity contribution in [2.24, 2.45) is 0 Å². The molecule has 0 spiro atoms. The van der Waals surface area contributed by atoms with Gasteiger partial charge in [0.05, 0.1) is 5.57 Å². The molecule has 0 atom stereocenters. The van der Waals surface area contributed by atoms with Gasteiger partial charge in [-0.05, 0) is 33.3 Å². The highest BCUT2D eigenvalue weighted by Gasteiger charge is 2.17. The van der Waals surface area contributed by atoms with Crippen LogP contribution in [0, 0.1) is 0 Å². The summed E-state index contributed by atoms with van der Waals surface area (Å²) in [6, 6.07) is 0. The molecule has 0 amide bonds. The van der Waals surface area contributed by atoms with Crippen LogP contribution in [0.2, 0.25) is 0 Å². The predicted octanol–water partition coefficient (Wildman–Crippen LogP) is 3.17. The van der Waals surface area contributed by atoms with Crippen molar-refractivity contribution in [1.82, 2.24) is 0 Å². The van der Waals surface area contributed by atoms with Crippen LogP contribution >= 0.6 is 0 Å². The van der Waals surface area contributed by atoms with E-state index in [4.69, 9.17) is 0 Å². The van der Waals surface area contributed by atoms with Gasteiger partial charge in [0.2, 0.25) is 0 Å². The molecule has 0 aromatic rings. The second kappa shape index (κ2) is 6.72. The number of Topliss-reactive ketones (excluding diaryl/α,β-unsaturated/α-hetero) is 2. The summed E-state index contributed by atoms with van der Waals surface area (Å²) in [5.41, 5.74) is 1.34. The maximum atomic E-state index is 12.0. The van der Waals surface area contributed by atoms with Crippen molar-refractivity contribution < 1.29 is 9.59 Å². The van der Waals surface area contributed by atoms with E-state index in [0.717, 1.165) is 0 Å². The number of carbonyl (C=O) groups excluding carboxylic acids is 2. The highest BCUT2D eigenvalue weighted by molar-refractivity contribution is 6.26. The molecule has 0 heterocycles. The lowest BCUT2D eigenvalue weighted by molar-refractivity contribution is -0.118. The van der Waals surface area contributed by atoms with E-state index in [0.29, 0.717) is 11.1 Å². The van der Waals surface area contributed by atoms with Gasteiger partial charge in [-0.2, -0.15) is 0 Å². The van der Waals surface area contributed by atoms with E-state index in [9.17, 15) is 9.59 Å². The molecule has 0 aliphatic heterocycles. The maximum Gasteiger partial charge on any atom is 0.196 e. The van der Waals surface area contributed by atoms with Gasteiger partial charge < -0.3 is 0 Å². The van der Waals surface area contributed by atoms with Gasteiger partial charge in [-0.15, -0.1) is 0 Å². The van der Waals surface area contributed by atoms with Crippen molar-refractivity contribution in [3.05, 3.63) is 47.6 Å². The fraction of sp³-hybridized carbons (Fsp3) is 0.286. The van der Waals surface area contributed by atoms with Gasteiger partial charge in [0, 0.05) is 5.57 Å². The first kappa shape index (κ1) is 14.3. The summed E-state index contributed by atoms with van der Waals surface area (Å²) in [7, 11) is 0. The minimum Gasteiger partial charge on any atom is -0.294 e. The molecule has 86 valence electrons. The summed E-state index contributed by atoms with van der Waals surface area (Å²) in [6.45, 7) is 10.4. The van der Waals surface area contributed by atoms with E-state index in [-0.39, 0.29) is 17.1 Å². The molecule has 0 fully saturated rings. The Morgan fingerprint density at radius 2 is 1.62 bits per heavy atom. The Labute approximate surface area is 97.0 Å². The average molecular weight is 218 g/mol. The van der Waals surface area contributed by atoms with Gasteiger partial charge in [0.15, 0.2) is 11.6 Å². The molecule has 0 radical (unpaired) electrons. The Kier molecular flexibility index (Phi) is 6.01. The van der Waals surface area contributed by atoms with E-state index < -0.39 is 0 Å². The molecule has 16 heavy (non-hydrogen) atoms. The molecule has 2 nitrogen and oxygen atoms in total. The zero-order valence-electron chi connectivity index (χ0n) is 10.3. The Hall–Kier alpha value is -1.70. The summed E-state index contributed by atoms with van der Waals surface area (Å²) >= 11 is 0. The number of ketones is 2. The van der Waals surface area contributed by atoms with Crippen molar-refractivity contribution in [2.75, 3.05) is 0 Å². The molecular weight excluding hydrogens is 200 g/mol. The molecule has 0 bridgehead atoms. The van der Waals surface area contributed by atoms with Gasteiger partial charge in [-0.25, -0.2) is 0 Å².